The Labute approximate surface area is 411 Å². The van der Waals surface area contributed by atoms with Crippen molar-refractivity contribution in [3.63, 3.8) is 0 Å². The van der Waals surface area contributed by atoms with Gasteiger partial charge in [0.25, 0.3) is 0 Å². The van der Waals surface area contributed by atoms with Gasteiger partial charge >= 0.3 is 0 Å². The standard InChI is InChI=1S/C54H99NO13/c1-3-5-7-9-11-13-15-16-17-18-19-20-21-22-23-24-25-26-27-28-29-31-33-35-37-43(58)42(55-46(59)38-36-34-32-30-14-12-10-8-6-4-2)41-65-53-51(64)49(62)52(45(40-57)67-53)68-54-50(63)48(61)47(60)44(39-56)66-54/h24-25,28-29,35,37,42-45,47-54,56-58,60-64H,3-23,26-27,30-34,36,38-41H2,1-2H3,(H,55,59)/b25-24+,29-28+,37-35+. The molecule has 0 bridgehead atoms. The van der Waals surface area contributed by atoms with Crippen LogP contribution in [0, 0.1) is 0 Å². The number of aliphatic hydroxyl groups is 8. The lowest BCUT2D eigenvalue weighted by Crippen LogP contribution is -2.65. The zero-order valence-electron chi connectivity index (χ0n) is 42.3. The van der Waals surface area contributed by atoms with Crippen LogP contribution in [-0.2, 0) is 23.7 Å². The van der Waals surface area contributed by atoms with Crippen LogP contribution < -0.4 is 5.32 Å². The second-order valence-electron chi connectivity index (χ2n) is 19.3. The minimum absolute atomic E-state index is 0.256. The van der Waals surface area contributed by atoms with Crippen LogP contribution >= 0.6 is 0 Å². The molecule has 14 nitrogen and oxygen atoms in total. The van der Waals surface area contributed by atoms with E-state index in [9.17, 15) is 45.6 Å². The highest BCUT2D eigenvalue weighted by Gasteiger charge is 2.51. The molecule has 2 saturated heterocycles. The molecule has 2 rings (SSSR count). The number of ether oxygens (including phenoxy) is 4. The lowest BCUT2D eigenvalue weighted by Gasteiger charge is -2.46. The number of hydrogen-bond acceptors (Lipinski definition) is 13. The molecular weight excluding hydrogens is 871 g/mol. The van der Waals surface area contributed by atoms with Gasteiger partial charge < -0.3 is 65.1 Å². The van der Waals surface area contributed by atoms with Crippen molar-refractivity contribution in [3.05, 3.63) is 36.5 Å². The molecule has 12 atom stereocenters. The van der Waals surface area contributed by atoms with Crippen molar-refractivity contribution >= 4 is 5.91 Å². The molecule has 0 aromatic rings. The first-order valence-electron chi connectivity index (χ1n) is 27.2. The molecule has 0 aromatic carbocycles. The summed E-state index contributed by atoms with van der Waals surface area (Å²) in [6.07, 6.45) is 30.6. The number of aliphatic hydroxyl groups excluding tert-OH is 8. The van der Waals surface area contributed by atoms with E-state index < -0.39 is 86.8 Å². The molecule has 0 aromatic heterocycles. The molecule has 68 heavy (non-hydrogen) atoms. The maximum atomic E-state index is 13.1. The van der Waals surface area contributed by atoms with Gasteiger partial charge in [0.15, 0.2) is 12.6 Å². The van der Waals surface area contributed by atoms with E-state index >= 15 is 0 Å². The van der Waals surface area contributed by atoms with E-state index in [1.165, 1.54) is 128 Å². The summed E-state index contributed by atoms with van der Waals surface area (Å²) in [5.74, 6) is -0.256. The lowest BCUT2D eigenvalue weighted by atomic mass is 9.97. The molecule has 398 valence electrons. The second kappa shape index (κ2) is 40.8. The molecule has 2 aliphatic rings. The van der Waals surface area contributed by atoms with Gasteiger partial charge in [-0.1, -0.05) is 192 Å². The van der Waals surface area contributed by atoms with Crippen LogP contribution in [0.5, 0.6) is 0 Å². The quantitative estimate of drug-likeness (QED) is 0.0210. The van der Waals surface area contributed by atoms with E-state index in [0.29, 0.717) is 12.8 Å². The van der Waals surface area contributed by atoms with Crippen LogP contribution in [0.15, 0.2) is 36.5 Å². The Morgan fingerprint density at radius 3 is 1.44 bits per heavy atom. The molecule has 14 heteroatoms. The SMILES string of the molecule is CCCCCCCCCCCCCCCC/C=C/CC/C=C/CC/C=C/C(O)C(COC1OC(CO)C(OC2OC(CO)C(O)C(O)C2O)C(O)C1O)NC(=O)CCCCCCCCCCCC. The summed E-state index contributed by atoms with van der Waals surface area (Å²) in [4.78, 5) is 13.1. The lowest BCUT2D eigenvalue weighted by molar-refractivity contribution is -0.359. The molecule has 2 aliphatic heterocycles. The predicted octanol–water partition coefficient (Wildman–Crippen LogP) is 7.88. The summed E-state index contributed by atoms with van der Waals surface area (Å²) in [7, 11) is 0. The first kappa shape index (κ1) is 62.3. The molecule has 1 amide bonds. The highest BCUT2D eigenvalue weighted by molar-refractivity contribution is 5.76. The fourth-order valence-corrected chi connectivity index (χ4v) is 8.85. The zero-order valence-corrected chi connectivity index (χ0v) is 42.3. The van der Waals surface area contributed by atoms with Gasteiger partial charge in [0.2, 0.25) is 5.91 Å². The Morgan fingerprint density at radius 2 is 0.941 bits per heavy atom. The Hall–Kier alpha value is -1.79. The van der Waals surface area contributed by atoms with Gasteiger partial charge in [0.1, 0.15) is 48.8 Å². The van der Waals surface area contributed by atoms with E-state index in [0.717, 1.165) is 44.9 Å². The van der Waals surface area contributed by atoms with Crippen molar-refractivity contribution in [2.75, 3.05) is 19.8 Å². The third-order valence-electron chi connectivity index (χ3n) is 13.3. The summed E-state index contributed by atoms with van der Waals surface area (Å²) in [6.45, 7) is 2.75. The molecule has 0 saturated carbocycles. The van der Waals surface area contributed by atoms with Crippen LogP contribution in [-0.4, -0.2) is 140 Å². The normalized spacial score (nSPS) is 26.6. The molecule has 0 aliphatic carbocycles. The molecule has 12 unspecified atom stereocenters. The van der Waals surface area contributed by atoms with Crippen LogP contribution in [0.2, 0.25) is 0 Å². The van der Waals surface area contributed by atoms with Gasteiger partial charge in [-0.3, -0.25) is 4.79 Å². The largest absolute Gasteiger partial charge is 0.394 e. The number of nitrogens with one attached hydrogen (secondary N) is 1. The molecule has 2 heterocycles. The van der Waals surface area contributed by atoms with Crippen molar-refractivity contribution < 1.29 is 64.6 Å². The van der Waals surface area contributed by atoms with Gasteiger partial charge in [-0.25, -0.2) is 0 Å². The molecule has 2 fully saturated rings. The summed E-state index contributed by atoms with van der Waals surface area (Å²) >= 11 is 0. The number of hydrogen-bond donors (Lipinski definition) is 9. The second-order valence-corrected chi connectivity index (χ2v) is 19.3. The highest BCUT2D eigenvalue weighted by atomic mass is 16.7. The zero-order chi connectivity index (χ0) is 49.6. The fourth-order valence-electron chi connectivity index (χ4n) is 8.85. The number of carbonyl (C=O) groups excluding carboxylic acids is 1. The van der Waals surface area contributed by atoms with Gasteiger partial charge in [-0.05, 0) is 44.9 Å². The van der Waals surface area contributed by atoms with Crippen molar-refractivity contribution in [1.82, 2.24) is 5.32 Å². The van der Waals surface area contributed by atoms with Crippen molar-refractivity contribution in [1.29, 1.82) is 0 Å². The van der Waals surface area contributed by atoms with Crippen molar-refractivity contribution in [2.24, 2.45) is 0 Å². The molecule has 9 N–H and O–H groups in total. The average molecular weight is 970 g/mol. The Morgan fingerprint density at radius 1 is 0.515 bits per heavy atom. The minimum Gasteiger partial charge on any atom is -0.394 e. The van der Waals surface area contributed by atoms with E-state index in [2.05, 4.69) is 43.5 Å². The van der Waals surface area contributed by atoms with Gasteiger partial charge in [0, 0.05) is 6.42 Å². The summed E-state index contributed by atoms with van der Waals surface area (Å²) in [5, 5.41) is 86.7. The average Bonchev–Trinajstić information content (AvgIpc) is 3.34. The highest BCUT2D eigenvalue weighted by Crippen LogP contribution is 2.30. The monoisotopic (exact) mass is 970 g/mol. The van der Waals surface area contributed by atoms with Gasteiger partial charge in [-0.2, -0.15) is 0 Å². The van der Waals surface area contributed by atoms with E-state index in [-0.39, 0.29) is 18.9 Å². The van der Waals surface area contributed by atoms with Crippen molar-refractivity contribution in [2.45, 2.75) is 280 Å². The molecule has 0 radical (unpaired) electrons. The van der Waals surface area contributed by atoms with E-state index in [1.54, 1.807) is 6.08 Å². The van der Waals surface area contributed by atoms with Crippen LogP contribution in [0.1, 0.15) is 206 Å². The Kier molecular flexibility index (Phi) is 37.4. The van der Waals surface area contributed by atoms with Crippen LogP contribution in [0.4, 0.5) is 0 Å². The number of unbranched alkanes of at least 4 members (excludes halogenated alkanes) is 25. The Balaban J connectivity index is 1.79. The van der Waals surface area contributed by atoms with E-state index in [1.807, 2.05) is 6.08 Å². The van der Waals surface area contributed by atoms with Crippen LogP contribution in [0.3, 0.4) is 0 Å². The summed E-state index contributed by atoms with van der Waals surface area (Å²) < 4.78 is 22.7. The minimum atomic E-state index is -1.79. The maximum absolute atomic E-state index is 13.1. The number of carbonyl (C=O) groups is 1. The predicted molar refractivity (Wildman–Crippen MR) is 268 cm³/mol. The maximum Gasteiger partial charge on any atom is 0.220 e. The topological polar surface area (TPSA) is 228 Å². The number of amides is 1. The van der Waals surface area contributed by atoms with E-state index in [4.69, 9.17) is 18.9 Å². The fraction of sp³-hybridized carbons (Fsp3) is 0.870. The van der Waals surface area contributed by atoms with Crippen molar-refractivity contribution in [3.8, 4) is 0 Å². The van der Waals surface area contributed by atoms with Gasteiger partial charge in [-0.15, -0.1) is 0 Å². The molecular formula is C54H99NO13. The third kappa shape index (κ3) is 27.1. The summed E-state index contributed by atoms with van der Waals surface area (Å²) in [5.41, 5.74) is 0. The number of allylic oxidation sites excluding steroid dienone is 5. The van der Waals surface area contributed by atoms with Gasteiger partial charge in [0.05, 0.1) is 32.0 Å². The van der Waals surface area contributed by atoms with Crippen LogP contribution in [0.25, 0.3) is 0 Å². The Bertz CT molecular complexity index is 1280. The number of rotatable bonds is 42. The third-order valence-corrected chi connectivity index (χ3v) is 13.3. The smallest absolute Gasteiger partial charge is 0.220 e. The first-order valence-corrected chi connectivity index (χ1v) is 27.2. The summed E-state index contributed by atoms with van der Waals surface area (Å²) in [6, 6.07) is -0.933. The first-order chi connectivity index (χ1) is 33.1. The molecule has 0 spiro atoms.